The molecule has 1 heterocycles. The maximum atomic E-state index is 5.46. The Morgan fingerprint density at radius 3 is 3.00 bits per heavy atom. The molecule has 0 aliphatic carbocycles. The second-order valence-corrected chi connectivity index (χ2v) is 3.67. The van der Waals surface area contributed by atoms with Gasteiger partial charge in [0.15, 0.2) is 0 Å². The van der Waals surface area contributed by atoms with E-state index in [0.717, 1.165) is 18.9 Å². The van der Waals surface area contributed by atoms with Gasteiger partial charge >= 0.3 is 0 Å². The highest BCUT2D eigenvalue weighted by Gasteiger charge is 2.20. The van der Waals surface area contributed by atoms with Crippen LogP contribution in [0.15, 0.2) is 18.2 Å². The van der Waals surface area contributed by atoms with E-state index in [2.05, 4.69) is 30.4 Å². The fourth-order valence-corrected chi connectivity index (χ4v) is 2.01. The average Bonchev–Trinajstić information content (AvgIpc) is 2.60. The van der Waals surface area contributed by atoms with Gasteiger partial charge in [0.1, 0.15) is 5.75 Å². The van der Waals surface area contributed by atoms with E-state index in [1.165, 1.54) is 17.7 Å². The largest absolute Gasteiger partial charge is 0.494 e. The number of anilines is 1. The lowest BCUT2D eigenvalue weighted by Gasteiger charge is -2.07. The van der Waals surface area contributed by atoms with Crippen molar-refractivity contribution >= 4 is 5.69 Å². The highest BCUT2D eigenvalue weighted by Crippen LogP contribution is 2.35. The molecule has 0 saturated heterocycles. The van der Waals surface area contributed by atoms with E-state index < -0.39 is 0 Å². The minimum atomic E-state index is 0.681. The molecule has 1 atom stereocenters. The minimum absolute atomic E-state index is 0.681. The van der Waals surface area contributed by atoms with Crippen molar-refractivity contribution in [2.24, 2.45) is 0 Å². The molecule has 0 spiro atoms. The molecule has 1 aromatic rings. The molecule has 76 valence electrons. The van der Waals surface area contributed by atoms with Crippen molar-refractivity contribution in [3.05, 3.63) is 23.8 Å². The SMILES string of the molecule is CCOc1ccc2c(c1)NCC2CC. The highest BCUT2D eigenvalue weighted by atomic mass is 16.5. The van der Waals surface area contributed by atoms with Crippen molar-refractivity contribution in [2.45, 2.75) is 26.2 Å². The monoisotopic (exact) mass is 191 g/mol. The van der Waals surface area contributed by atoms with Crippen LogP contribution >= 0.6 is 0 Å². The second-order valence-electron chi connectivity index (χ2n) is 3.67. The lowest BCUT2D eigenvalue weighted by molar-refractivity contribution is 0.340. The van der Waals surface area contributed by atoms with Crippen LogP contribution in [0.5, 0.6) is 5.75 Å². The van der Waals surface area contributed by atoms with Crippen molar-refractivity contribution in [2.75, 3.05) is 18.5 Å². The summed E-state index contributed by atoms with van der Waals surface area (Å²) in [4.78, 5) is 0. The first kappa shape index (κ1) is 9.38. The van der Waals surface area contributed by atoms with Crippen LogP contribution in [-0.2, 0) is 0 Å². The molecule has 0 aromatic heterocycles. The molecule has 2 nitrogen and oxygen atoms in total. The Bertz CT molecular complexity index is 322. The van der Waals surface area contributed by atoms with Crippen molar-refractivity contribution in [3.63, 3.8) is 0 Å². The van der Waals surface area contributed by atoms with E-state index in [0.29, 0.717) is 5.92 Å². The number of nitrogens with one attached hydrogen (secondary N) is 1. The van der Waals surface area contributed by atoms with Crippen LogP contribution in [0.4, 0.5) is 5.69 Å². The van der Waals surface area contributed by atoms with Gasteiger partial charge in [-0.25, -0.2) is 0 Å². The van der Waals surface area contributed by atoms with Gasteiger partial charge in [-0.05, 0) is 25.0 Å². The smallest absolute Gasteiger partial charge is 0.121 e. The normalized spacial score (nSPS) is 18.9. The molecular formula is C12H17NO. The molecule has 0 fully saturated rings. The maximum Gasteiger partial charge on any atom is 0.121 e. The van der Waals surface area contributed by atoms with E-state index in [4.69, 9.17) is 4.74 Å². The van der Waals surface area contributed by atoms with Crippen molar-refractivity contribution < 1.29 is 4.74 Å². The predicted molar refractivity (Wildman–Crippen MR) is 59.1 cm³/mol. The van der Waals surface area contributed by atoms with Gasteiger partial charge in [0.25, 0.3) is 0 Å². The lowest BCUT2D eigenvalue weighted by atomic mass is 9.99. The number of rotatable bonds is 3. The van der Waals surface area contributed by atoms with Gasteiger partial charge in [0.05, 0.1) is 6.61 Å². The summed E-state index contributed by atoms with van der Waals surface area (Å²) in [5.41, 5.74) is 2.69. The van der Waals surface area contributed by atoms with Gasteiger partial charge < -0.3 is 10.1 Å². The van der Waals surface area contributed by atoms with Crippen LogP contribution in [0.25, 0.3) is 0 Å². The van der Waals surface area contributed by atoms with E-state index >= 15 is 0 Å². The summed E-state index contributed by atoms with van der Waals surface area (Å²) in [6.45, 7) is 6.05. The molecule has 1 aromatic carbocycles. The third-order valence-electron chi connectivity index (χ3n) is 2.81. The fourth-order valence-electron chi connectivity index (χ4n) is 2.01. The number of benzene rings is 1. The zero-order valence-electron chi connectivity index (χ0n) is 8.84. The van der Waals surface area contributed by atoms with Crippen LogP contribution in [0.2, 0.25) is 0 Å². The standard InChI is InChI=1S/C12H17NO/c1-3-9-8-13-12-7-10(14-4-2)5-6-11(9)12/h5-7,9,13H,3-4,8H2,1-2H3. The summed E-state index contributed by atoms with van der Waals surface area (Å²) in [7, 11) is 0. The van der Waals surface area contributed by atoms with E-state index in [-0.39, 0.29) is 0 Å². The molecule has 1 aliphatic rings. The molecule has 2 heteroatoms. The van der Waals surface area contributed by atoms with Crippen LogP contribution in [0, 0.1) is 0 Å². The number of hydrogen-bond acceptors (Lipinski definition) is 2. The van der Waals surface area contributed by atoms with E-state index in [1.807, 2.05) is 6.92 Å². The van der Waals surface area contributed by atoms with E-state index in [9.17, 15) is 0 Å². The highest BCUT2D eigenvalue weighted by molar-refractivity contribution is 5.60. The second kappa shape index (κ2) is 3.91. The third-order valence-corrected chi connectivity index (χ3v) is 2.81. The molecule has 0 saturated carbocycles. The fraction of sp³-hybridized carbons (Fsp3) is 0.500. The van der Waals surface area contributed by atoms with Crippen LogP contribution < -0.4 is 10.1 Å². The van der Waals surface area contributed by atoms with Gasteiger partial charge in [-0.2, -0.15) is 0 Å². The summed E-state index contributed by atoms with van der Waals surface area (Å²) in [6.07, 6.45) is 1.20. The van der Waals surface area contributed by atoms with Crippen LogP contribution in [-0.4, -0.2) is 13.2 Å². The van der Waals surface area contributed by atoms with Gasteiger partial charge in [-0.3, -0.25) is 0 Å². The first-order valence-electron chi connectivity index (χ1n) is 5.35. The van der Waals surface area contributed by atoms with Crippen molar-refractivity contribution in [1.29, 1.82) is 0 Å². The summed E-state index contributed by atoms with van der Waals surface area (Å²) in [5.74, 6) is 1.65. The topological polar surface area (TPSA) is 21.3 Å². The van der Waals surface area contributed by atoms with Gasteiger partial charge in [0, 0.05) is 24.2 Å². The maximum absolute atomic E-state index is 5.46. The molecule has 1 unspecified atom stereocenters. The number of fused-ring (bicyclic) bond motifs is 1. The first-order chi connectivity index (χ1) is 6.85. The van der Waals surface area contributed by atoms with Crippen LogP contribution in [0.3, 0.4) is 0 Å². The first-order valence-corrected chi connectivity index (χ1v) is 5.35. The zero-order chi connectivity index (χ0) is 9.97. The van der Waals surface area contributed by atoms with Crippen molar-refractivity contribution in [3.8, 4) is 5.75 Å². The lowest BCUT2D eigenvalue weighted by Crippen LogP contribution is -1.99. The van der Waals surface area contributed by atoms with Gasteiger partial charge in [-0.1, -0.05) is 13.0 Å². The molecule has 1 aliphatic heterocycles. The number of ether oxygens (including phenoxy) is 1. The molecule has 0 amide bonds. The quantitative estimate of drug-likeness (QED) is 0.793. The molecule has 0 radical (unpaired) electrons. The van der Waals surface area contributed by atoms with Gasteiger partial charge in [0.2, 0.25) is 0 Å². The average molecular weight is 191 g/mol. The summed E-state index contributed by atoms with van der Waals surface area (Å²) >= 11 is 0. The molecular weight excluding hydrogens is 174 g/mol. The molecule has 1 N–H and O–H groups in total. The Kier molecular flexibility index (Phi) is 2.62. The minimum Gasteiger partial charge on any atom is -0.494 e. The molecule has 2 rings (SSSR count). The molecule has 14 heavy (non-hydrogen) atoms. The predicted octanol–water partition coefficient (Wildman–Crippen LogP) is 3.00. The van der Waals surface area contributed by atoms with E-state index in [1.54, 1.807) is 0 Å². The summed E-state index contributed by atoms with van der Waals surface area (Å²) in [6, 6.07) is 6.36. The third kappa shape index (κ3) is 1.57. The summed E-state index contributed by atoms with van der Waals surface area (Å²) < 4.78 is 5.46. The number of hydrogen-bond donors (Lipinski definition) is 1. The van der Waals surface area contributed by atoms with Crippen molar-refractivity contribution in [1.82, 2.24) is 0 Å². The Labute approximate surface area is 85.3 Å². The van der Waals surface area contributed by atoms with Gasteiger partial charge in [-0.15, -0.1) is 0 Å². The Hall–Kier alpha value is -1.18. The van der Waals surface area contributed by atoms with Crippen LogP contribution in [0.1, 0.15) is 31.7 Å². The Morgan fingerprint density at radius 2 is 2.29 bits per heavy atom. The summed E-state index contributed by atoms with van der Waals surface area (Å²) in [5, 5.41) is 3.42. The Morgan fingerprint density at radius 1 is 1.43 bits per heavy atom. The zero-order valence-corrected chi connectivity index (χ0v) is 8.84. The molecule has 0 bridgehead atoms. The Balaban J connectivity index is 2.25.